The Balaban J connectivity index is 1.53. The van der Waals surface area contributed by atoms with E-state index >= 15 is 0 Å². The van der Waals surface area contributed by atoms with E-state index in [-0.39, 0.29) is 17.8 Å². The fourth-order valence-corrected chi connectivity index (χ4v) is 5.87. The number of sulfonamides is 1. The molecule has 0 spiro atoms. The van der Waals surface area contributed by atoms with Crippen LogP contribution in [0.1, 0.15) is 42.5 Å². The monoisotopic (exact) mass is 463 g/mol. The Bertz CT molecular complexity index is 1160. The maximum Gasteiger partial charge on any atom is 0.319 e. The number of urea groups is 1. The lowest BCUT2D eigenvalue weighted by molar-refractivity contribution is 0.250. The van der Waals surface area contributed by atoms with Crippen LogP contribution in [0.25, 0.3) is 0 Å². The van der Waals surface area contributed by atoms with Gasteiger partial charge in [0.25, 0.3) is 0 Å². The SMILES string of the molecule is CCCS(=O)(=O)N1CCCc2cc(NC(=O)NC(c3ccccc3)c3ccccc3)ccc21. The highest BCUT2D eigenvalue weighted by molar-refractivity contribution is 7.92. The van der Waals surface area contributed by atoms with Crippen molar-refractivity contribution in [1.82, 2.24) is 5.32 Å². The van der Waals surface area contributed by atoms with Gasteiger partial charge in [-0.2, -0.15) is 0 Å². The van der Waals surface area contributed by atoms with Crippen molar-refractivity contribution < 1.29 is 13.2 Å². The van der Waals surface area contributed by atoms with E-state index < -0.39 is 10.0 Å². The smallest absolute Gasteiger partial charge is 0.319 e. The first kappa shape index (κ1) is 22.9. The molecule has 0 saturated carbocycles. The minimum Gasteiger partial charge on any atom is -0.327 e. The van der Waals surface area contributed by atoms with E-state index in [1.54, 1.807) is 12.1 Å². The Kier molecular flexibility index (Phi) is 6.99. The summed E-state index contributed by atoms with van der Waals surface area (Å²) in [4.78, 5) is 12.9. The number of carbonyl (C=O) groups excluding carboxylic acids is 1. The molecule has 2 N–H and O–H groups in total. The normalized spacial score (nSPS) is 13.5. The molecular formula is C26H29N3O3S. The lowest BCUT2D eigenvalue weighted by Gasteiger charge is -2.30. The number of rotatable bonds is 7. The summed E-state index contributed by atoms with van der Waals surface area (Å²) >= 11 is 0. The quantitative estimate of drug-likeness (QED) is 0.512. The summed E-state index contributed by atoms with van der Waals surface area (Å²) in [6.45, 7) is 2.37. The molecule has 33 heavy (non-hydrogen) atoms. The van der Waals surface area contributed by atoms with Crippen molar-refractivity contribution in [2.75, 3.05) is 21.9 Å². The predicted molar refractivity (Wildman–Crippen MR) is 133 cm³/mol. The molecule has 1 heterocycles. The molecule has 1 aliphatic rings. The number of carbonyl (C=O) groups is 1. The van der Waals surface area contributed by atoms with Crippen LogP contribution in [0.5, 0.6) is 0 Å². The number of nitrogens with one attached hydrogen (secondary N) is 2. The predicted octanol–water partition coefficient (Wildman–Crippen LogP) is 5.09. The summed E-state index contributed by atoms with van der Waals surface area (Å²) in [5, 5.41) is 5.99. The molecule has 0 aliphatic carbocycles. The zero-order valence-corrected chi connectivity index (χ0v) is 19.5. The molecular weight excluding hydrogens is 434 g/mol. The number of hydrogen-bond donors (Lipinski definition) is 2. The molecule has 3 aromatic carbocycles. The van der Waals surface area contributed by atoms with Gasteiger partial charge in [-0.25, -0.2) is 13.2 Å². The summed E-state index contributed by atoms with van der Waals surface area (Å²) in [7, 11) is -3.33. The van der Waals surface area contributed by atoms with Crippen LogP contribution in [-0.4, -0.2) is 26.7 Å². The van der Waals surface area contributed by atoms with Crippen LogP contribution in [0.3, 0.4) is 0 Å². The van der Waals surface area contributed by atoms with Crippen molar-refractivity contribution in [3.63, 3.8) is 0 Å². The highest BCUT2D eigenvalue weighted by atomic mass is 32.2. The molecule has 0 atom stereocenters. The van der Waals surface area contributed by atoms with Gasteiger partial charge in [0, 0.05) is 12.2 Å². The first-order valence-corrected chi connectivity index (χ1v) is 12.9. The number of amides is 2. The maximum absolute atomic E-state index is 12.9. The van der Waals surface area contributed by atoms with Gasteiger partial charge in [-0.1, -0.05) is 67.6 Å². The second-order valence-corrected chi connectivity index (χ2v) is 10.2. The van der Waals surface area contributed by atoms with E-state index in [4.69, 9.17) is 0 Å². The highest BCUT2D eigenvalue weighted by Gasteiger charge is 2.27. The largest absolute Gasteiger partial charge is 0.327 e. The number of benzene rings is 3. The van der Waals surface area contributed by atoms with Gasteiger partial charge in [-0.15, -0.1) is 0 Å². The van der Waals surface area contributed by atoms with Gasteiger partial charge < -0.3 is 10.6 Å². The van der Waals surface area contributed by atoms with Gasteiger partial charge in [0.15, 0.2) is 0 Å². The highest BCUT2D eigenvalue weighted by Crippen LogP contribution is 2.32. The topological polar surface area (TPSA) is 78.5 Å². The zero-order chi connectivity index (χ0) is 23.3. The Morgan fingerprint density at radius 3 is 2.21 bits per heavy atom. The van der Waals surface area contributed by atoms with Crippen LogP contribution in [0.4, 0.5) is 16.2 Å². The van der Waals surface area contributed by atoms with Crippen LogP contribution in [0.2, 0.25) is 0 Å². The average molecular weight is 464 g/mol. The lowest BCUT2D eigenvalue weighted by atomic mass is 9.99. The number of fused-ring (bicyclic) bond motifs is 1. The summed E-state index contributed by atoms with van der Waals surface area (Å²) in [5.41, 5.74) is 4.26. The Hall–Kier alpha value is -3.32. The molecule has 2 amide bonds. The van der Waals surface area contributed by atoms with E-state index in [0.717, 1.165) is 29.5 Å². The van der Waals surface area contributed by atoms with E-state index in [0.29, 0.717) is 24.3 Å². The Morgan fingerprint density at radius 2 is 1.61 bits per heavy atom. The molecule has 4 rings (SSSR count). The van der Waals surface area contributed by atoms with Crippen molar-refractivity contribution in [2.45, 2.75) is 32.2 Å². The summed E-state index contributed by atoms with van der Waals surface area (Å²) in [6, 6.07) is 24.5. The van der Waals surface area contributed by atoms with E-state index in [2.05, 4.69) is 10.6 Å². The van der Waals surface area contributed by atoms with E-state index in [1.807, 2.05) is 73.7 Å². The molecule has 1 aliphatic heterocycles. The van der Waals surface area contributed by atoms with Crippen molar-refractivity contribution in [1.29, 1.82) is 0 Å². The number of aryl methyl sites for hydroxylation is 1. The van der Waals surface area contributed by atoms with Crippen LogP contribution in [0, 0.1) is 0 Å². The Morgan fingerprint density at radius 1 is 0.970 bits per heavy atom. The minimum atomic E-state index is -3.33. The molecule has 7 heteroatoms. The molecule has 0 fully saturated rings. The molecule has 0 saturated heterocycles. The fourth-order valence-electron chi connectivity index (χ4n) is 4.25. The van der Waals surface area contributed by atoms with Crippen LogP contribution in [-0.2, 0) is 16.4 Å². The fraction of sp³-hybridized carbons (Fsp3) is 0.269. The van der Waals surface area contributed by atoms with Gasteiger partial charge in [0.2, 0.25) is 10.0 Å². The molecule has 6 nitrogen and oxygen atoms in total. The van der Waals surface area contributed by atoms with Gasteiger partial charge in [0.05, 0.1) is 17.5 Å². The molecule has 0 aromatic heterocycles. The number of hydrogen-bond acceptors (Lipinski definition) is 3. The van der Waals surface area contributed by atoms with Crippen molar-refractivity contribution in [2.24, 2.45) is 0 Å². The minimum absolute atomic E-state index is 0.134. The van der Waals surface area contributed by atoms with Crippen molar-refractivity contribution in [3.8, 4) is 0 Å². The molecule has 3 aromatic rings. The maximum atomic E-state index is 12.9. The summed E-state index contributed by atoms with van der Waals surface area (Å²) < 4.78 is 26.8. The van der Waals surface area contributed by atoms with Gasteiger partial charge in [-0.05, 0) is 54.2 Å². The first-order valence-electron chi connectivity index (χ1n) is 11.3. The van der Waals surface area contributed by atoms with Crippen LogP contribution in [0.15, 0.2) is 78.9 Å². The first-order chi connectivity index (χ1) is 16.0. The van der Waals surface area contributed by atoms with E-state index in [1.165, 1.54) is 4.31 Å². The lowest BCUT2D eigenvalue weighted by Crippen LogP contribution is -2.37. The summed E-state index contributed by atoms with van der Waals surface area (Å²) in [5.74, 6) is 0.134. The second-order valence-electron chi connectivity index (χ2n) is 8.19. The standard InChI is InChI=1S/C26H29N3O3S/c1-2-18-33(31,32)29-17-9-14-22-19-23(15-16-24(22)29)27-26(30)28-25(20-10-5-3-6-11-20)21-12-7-4-8-13-21/h3-8,10-13,15-16,19,25H,2,9,14,17-18H2,1H3,(H2,27,28,30). The third-order valence-electron chi connectivity index (χ3n) is 5.75. The Labute approximate surface area is 195 Å². The number of nitrogens with zero attached hydrogens (tertiary/aromatic N) is 1. The molecule has 0 unspecified atom stereocenters. The van der Waals surface area contributed by atoms with Crippen LogP contribution < -0.4 is 14.9 Å². The third-order valence-corrected chi connectivity index (χ3v) is 7.73. The third kappa shape index (κ3) is 5.37. The van der Waals surface area contributed by atoms with Crippen LogP contribution >= 0.6 is 0 Å². The van der Waals surface area contributed by atoms with Gasteiger partial charge in [-0.3, -0.25) is 4.31 Å². The van der Waals surface area contributed by atoms with Gasteiger partial charge >= 0.3 is 6.03 Å². The molecule has 0 bridgehead atoms. The second kappa shape index (κ2) is 10.1. The zero-order valence-electron chi connectivity index (χ0n) is 18.7. The van der Waals surface area contributed by atoms with Gasteiger partial charge in [0.1, 0.15) is 0 Å². The number of anilines is 2. The molecule has 0 radical (unpaired) electrons. The van der Waals surface area contributed by atoms with Crippen molar-refractivity contribution in [3.05, 3.63) is 95.6 Å². The van der Waals surface area contributed by atoms with Crippen molar-refractivity contribution >= 4 is 27.4 Å². The average Bonchev–Trinajstić information content (AvgIpc) is 2.83. The summed E-state index contributed by atoms with van der Waals surface area (Å²) in [6.07, 6.45) is 2.12. The molecule has 172 valence electrons. The van der Waals surface area contributed by atoms with E-state index in [9.17, 15) is 13.2 Å².